The van der Waals surface area contributed by atoms with Crippen molar-refractivity contribution in [2.45, 2.75) is 13.3 Å². The van der Waals surface area contributed by atoms with Gasteiger partial charge in [-0.25, -0.2) is 13.8 Å². The number of nitrogens with zero attached hydrogens (tertiary/aromatic N) is 2. The molecule has 2 rings (SSSR count). The molecule has 1 heterocycles. The van der Waals surface area contributed by atoms with Gasteiger partial charge in [-0.1, -0.05) is 18.2 Å². The number of hydrogen-bond acceptors (Lipinski definition) is 6. The molecule has 2 aromatic rings. The number of nitro groups is 1. The monoisotopic (exact) mass is 351 g/mol. The van der Waals surface area contributed by atoms with Gasteiger partial charge in [-0.05, 0) is 19.1 Å². The Bertz CT molecular complexity index is 784. The van der Waals surface area contributed by atoms with Crippen LogP contribution in [-0.2, 0) is 9.53 Å². The van der Waals surface area contributed by atoms with Gasteiger partial charge in [0.05, 0.1) is 17.2 Å². The molecule has 0 atom stereocenters. The number of pyridine rings is 1. The van der Waals surface area contributed by atoms with Crippen LogP contribution < -0.4 is 5.32 Å². The van der Waals surface area contributed by atoms with E-state index in [4.69, 9.17) is 4.74 Å². The second kappa shape index (κ2) is 8.13. The normalized spacial score (nSPS) is 10.6. The smallest absolute Gasteiger partial charge is 0.325 e. The Morgan fingerprint density at radius 1 is 1.36 bits per heavy atom. The highest BCUT2D eigenvalue weighted by Crippen LogP contribution is 2.29. The molecule has 7 nitrogen and oxygen atoms in total. The van der Waals surface area contributed by atoms with E-state index in [0.717, 1.165) is 0 Å². The number of ether oxygens (including phenoxy) is 1. The Morgan fingerprint density at radius 3 is 2.76 bits per heavy atom. The highest BCUT2D eigenvalue weighted by atomic mass is 19.3. The Kier molecular flexibility index (Phi) is 5.93. The number of alkyl halides is 2. The van der Waals surface area contributed by atoms with Gasteiger partial charge in [0.25, 0.3) is 6.43 Å². The van der Waals surface area contributed by atoms with E-state index < -0.39 is 17.3 Å². The molecule has 0 aliphatic carbocycles. The predicted molar refractivity (Wildman–Crippen MR) is 86.4 cm³/mol. The average Bonchev–Trinajstić information content (AvgIpc) is 2.60. The summed E-state index contributed by atoms with van der Waals surface area (Å²) in [5, 5.41) is 13.6. The van der Waals surface area contributed by atoms with Crippen LogP contribution in [0.15, 0.2) is 36.4 Å². The maximum atomic E-state index is 12.8. The summed E-state index contributed by atoms with van der Waals surface area (Å²) in [6.45, 7) is 1.51. The van der Waals surface area contributed by atoms with Crippen LogP contribution in [0.2, 0.25) is 0 Å². The molecule has 0 amide bonds. The molecule has 0 bridgehead atoms. The Hall–Kier alpha value is -3.10. The fourth-order valence-corrected chi connectivity index (χ4v) is 2.09. The number of aromatic nitrogens is 1. The summed E-state index contributed by atoms with van der Waals surface area (Å²) >= 11 is 0. The first-order chi connectivity index (χ1) is 11.9. The predicted octanol–water partition coefficient (Wildman–Crippen LogP) is 3.57. The van der Waals surface area contributed by atoms with Crippen LogP contribution in [0.1, 0.15) is 18.9 Å². The van der Waals surface area contributed by atoms with Gasteiger partial charge in [-0.15, -0.1) is 0 Å². The third kappa shape index (κ3) is 4.69. The summed E-state index contributed by atoms with van der Waals surface area (Å²) in [6, 6.07) is 8.11. The topological polar surface area (TPSA) is 94.4 Å². The zero-order chi connectivity index (χ0) is 18.4. The molecule has 9 heteroatoms. The molecule has 0 radical (unpaired) electrons. The third-order valence-electron chi connectivity index (χ3n) is 3.21. The summed E-state index contributed by atoms with van der Waals surface area (Å²) < 4.78 is 30.4. The number of halogens is 2. The van der Waals surface area contributed by atoms with E-state index in [1.807, 2.05) is 0 Å². The minimum Gasteiger partial charge on any atom is -0.465 e. The molecule has 0 aliphatic rings. The molecular weight excluding hydrogens is 336 g/mol. The number of hydrogen-bond donors (Lipinski definition) is 1. The fraction of sp³-hybridized carbons (Fsp3) is 0.250. The maximum absolute atomic E-state index is 12.8. The number of carbonyl (C=O) groups excluding carboxylic acids is 1. The van der Waals surface area contributed by atoms with Crippen molar-refractivity contribution in [2.24, 2.45) is 0 Å². The van der Waals surface area contributed by atoms with Crippen molar-refractivity contribution in [3.8, 4) is 11.3 Å². The zero-order valence-electron chi connectivity index (χ0n) is 13.2. The lowest BCUT2D eigenvalue weighted by molar-refractivity contribution is -0.384. The number of anilines is 1. The highest BCUT2D eigenvalue weighted by molar-refractivity contribution is 5.76. The van der Waals surface area contributed by atoms with E-state index in [0.29, 0.717) is 5.56 Å². The molecule has 1 aromatic heterocycles. The minimum atomic E-state index is -2.64. The minimum absolute atomic E-state index is 0.141. The zero-order valence-corrected chi connectivity index (χ0v) is 13.2. The van der Waals surface area contributed by atoms with Crippen LogP contribution in [0.4, 0.5) is 20.3 Å². The highest BCUT2D eigenvalue weighted by Gasteiger charge is 2.18. The number of benzene rings is 1. The lowest BCUT2D eigenvalue weighted by Crippen LogP contribution is -2.18. The van der Waals surface area contributed by atoms with Gasteiger partial charge in [-0.2, -0.15) is 0 Å². The van der Waals surface area contributed by atoms with Crippen LogP contribution >= 0.6 is 0 Å². The lowest BCUT2D eigenvalue weighted by atomic mass is 10.1. The molecule has 132 valence electrons. The number of carbonyl (C=O) groups is 1. The second-order valence-corrected chi connectivity index (χ2v) is 4.91. The van der Waals surface area contributed by atoms with Gasteiger partial charge in [0.15, 0.2) is 0 Å². The van der Waals surface area contributed by atoms with Crippen LogP contribution in [0.5, 0.6) is 0 Å². The van der Waals surface area contributed by atoms with Gasteiger partial charge in [0.1, 0.15) is 6.54 Å². The van der Waals surface area contributed by atoms with Gasteiger partial charge >= 0.3 is 11.7 Å². The van der Waals surface area contributed by atoms with Crippen LogP contribution in [0.3, 0.4) is 0 Å². The van der Waals surface area contributed by atoms with E-state index in [1.54, 1.807) is 13.0 Å². The molecule has 0 aliphatic heterocycles. The molecule has 25 heavy (non-hydrogen) atoms. The molecule has 1 N–H and O–H groups in total. The number of nitrogens with one attached hydrogen (secondary N) is 1. The maximum Gasteiger partial charge on any atom is 0.325 e. The summed E-state index contributed by atoms with van der Waals surface area (Å²) in [4.78, 5) is 25.9. The molecule has 1 aromatic carbocycles. The quantitative estimate of drug-likeness (QED) is 0.465. The molecule has 0 saturated carbocycles. The van der Waals surface area contributed by atoms with Crippen molar-refractivity contribution in [1.29, 1.82) is 0 Å². The first kappa shape index (κ1) is 18.2. The van der Waals surface area contributed by atoms with Crippen molar-refractivity contribution in [3.63, 3.8) is 0 Å². The van der Waals surface area contributed by atoms with Gasteiger partial charge in [-0.3, -0.25) is 14.9 Å². The van der Waals surface area contributed by atoms with Crippen LogP contribution in [-0.4, -0.2) is 29.0 Å². The Labute approximate surface area is 141 Å². The van der Waals surface area contributed by atoms with Crippen molar-refractivity contribution < 1.29 is 23.2 Å². The summed E-state index contributed by atoms with van der Waals surface area (Å²) in [5.41, 5.74) is 0.128. The summed E-state index contributed by atoms with van der Waals surface area (Å²) in [6.07, 6.45) is -2.64. The van der Waals surface area contributed by atoms with Crippen LogP contribution in [0, 0.1) is 10.1 Å². The first-order valence-electron chi connectivity index (χ1n) is 7.35. The number of rotatable bonds is 7. The van der Waals surface area contributed by atoms with Crippen LogP contribution in [0.25, 0.3) is 11.3 Å². The van der Waals surface area contributed by atoms with E-state index in [9.17, 15) is 23.7 Å². The van der Waals surface area contributed by atoms with Gasteiger partial charge in [0, 0.05) is 17.2 Å². The standard InChI is InChI=1S/C16H15F2N3O4/c1-2-25-14(22)9-19-16-13(21(23)24)7-6-12(20-16)10-4-3-5-11(8-10)15(17)18/h3-8,15H,2,9H2,1H3,(H,19,20). The van der Waals surface area contributed by atoms with Crippen molar-refractivity contribution in [2.75, 3.05) is 18.5 Å². The summed E-state index contributed by atoms with van der Waals surface area (Å²) in [7, 11) is 0. The molecule has 0 saturated heterocycles. The third-order valence-corrected chi connectivity index (χ3v) is 3.21. The average molecular weight is 351 g/mol. The van der Waals surface area contributed by atoms with E-state index in [1.165, 1.54) is 30.3 Å². The van der Waals surface area contributed by atoms with Crippen molar-refractivity contribution >= 4 is 17.5 Å². The van der Waals surface area contributed by atoms with Crippen molar-refractivity contribution in [1.82, 2.24) is 4.98 Å². The molecule has 0 unspecified atom stereocenters. The number of esters is 1. The SMILES string of the molecule is CCOC(=O)CNc1nc(-c2cccc(C(F)F)c2)ccc1[N+](=O)[O-]. The largest absolute Gasteiger partial charge is 0.465 e. The fourth-order valence-electron chi connectivity index (χ4n) is 2.09. The van der Waals surface area contributed by atoms with Gasteiger partial charge in [0.2, 0.25) is 5.82 Å². The second-order valence-electron chi connectivity index (χ2n) is 4.91. The van der Waals surface area contributed by atoms with E-state index in [-0.39, 0.29) is 35.9 Å². The Balaban J connectivity index is 2.34. The molecular formula is C16H15F2N3O4. The summed E-state index contributed by atoms with van der Waals surface area (Å²) in [5.74, 6) is -0.735. The molecule has 0 spiro atoms. The van der Waals surface area contributed by atoms with Gasteiger partial charge < -0.3 is 10.1 Å². The van der Waals surface area contributed by atoms with E-state index in [2.05, 4.69) is 10.3 Å². The van der Waals surface area contributed by atoms with E-state index >= 15 is 0 Å². The van der Waals surface area contributed by atoms with Crippen molar-refractivity contribution in [3.05, 3.63) is 52.1 Å². The first-order valence-corrected chi connectivity index (χ1v) is 7.35. The lowest BCUT2D eigenvalue weighted by Gasteiger charge is -2.09. The molecule has 0 fully saturated rings. The Morgan fingerprint density at radius 2 is 2.12 bits per heavy atom.